The molecular weight excluding hydrogens is 272 g/mol. The first kappa shape index (κ1) is 14.6. The highest BCUT2D eigenvalue weighted by Gasteiger charge is 2.17. The summed E-state index contributed by atoms with van der Waals surface area (Å²) in [6, 6.07) is 14.4. The van der Waals surface area contributed by atoms with Crippen molar-refractivity contribution >= 4 is 17.6 Å². The third kappa shape index (κ3) is 3.40. The SMILES string of the molecule is CC(C)(C)c1ccc(OC(=O)c2ccccc2)c(Cl)c1. The molecule has 0 aliphatic rings. The van der Waals surface area contributed by atoms with Gasteiger partial charge in [0.2, 0.25) is 0 Å². The van der Waals surface area contributed by atoms with E-state index in [1.165, 1.54) is 0 Å². The summed E-state index contributed by atoms with van der Waals surface area (Å²) in [6.07, 6.45) is 0. The summed E-state index contributed by atoms with van der Waals surface area (Å²) in [5, 5.41) is 0.446. The van der Waals surface area contributed by atoms with E-state index in [9.17, 15) is 4.79 Å². The van der Waals surface area contributed by atoms with Gasteiger partial charge in [0.1, 0.15) is 5.75 Å². The number of ether oxygens (including phenoxy) is 1. The molecule has 0 amide bonds. The van der Waals surface area contributed by atoms with Crippen molar-refractivity contribution in [1.29, 1.82) is 0 Å². The molecule has 104 valence electrons. The zero-order valence-corrected chi connectivity index (χ0v) is 12.6. The summed E-state index contributed by atoms with van der Waals surface area (Å²) in [5.74, 6) is -0.0236. The van der Waals surface area contributed by atoms with Gasteiger partial charge >= 0.3 is 5.97 Å². The van der Waals surface area contributed by atoms with Crippen molar-refractivity contribution in [3.8, 4) is 5.75 Å². The third-order valence-corrected chi connectivity index (χ3v) is 3.31. The van der Waals surface area contributed by atoms with Gasteiger partial charge in [0.15, 0.2) is 0 Å². The third-order valence-electron chi connectivity index (χ3n) is 3.01. The Morgan fingerprint density at radius 1 is 1.05 bits per heavy atom. The van der Waals surface area contributed by atoms with Crippen molar-refractivity contribution in [2.75, 3.05) is 0 Å². The summed E-state index contributed by atoms with van der Waals surface area (Å²) in [7, 11) is 0. The van der Waals surface area contributed by atoms with Gasteiger partial charge in [-0.25, -0.2) is 4.79 Å². The van der Waals surface area contributed by atoms with Crippen molar-refractivity contribution in [3.05, 3.63) is 64.7 Å². The Labute approximate surface area is 124 Å². The average Bonchev–Trinajstić information content (AvgIpc) is 2.41. The van der Waals surface area contributed by atoms with E-state index in [1.54, 1.807) is 30.3 Å². The van der Waals surface area contributed by atoms with E-state index in [0.717, 1.165) is 5.56 Å². The first-order valence-corrected chi connectivity index (χ1v) is 6.83. The van der Waals surface area contributed by atoms with Crippen molar-refractivity contribution in [1.82, 2.24) is 0 Å². The van der Waals surface area contributed by atoms with Crippen LogP contribution in [0.2, 0.25) is 5.02 Å². The number of carbonyl (C=O) groups is 1. The van der Waals surface area contributed by atoms with Crippen LogP contribution in [0.5, 0.6) is 5.75 Å². The van der Waals surface area contributed by atoms with Crippen LogP contribution >= 0.6 is 11.6 Å². The van der Waals surface area contributed by atoms with Gasteiger partial charge in [-0.15, -0.1) is 0 Å². The van der Waals surface area contributed by atoms with Crippen LogP contribution in [0.1, 0.15) is 36.7 Å². The number of halogens is 1. The molecular formula is C17H17ClO2. The van der Waals surface area contributed by atoms with Gasteiger partial charge < -0.3 is 4.74 Å². The van der Waals surface area contributed by atoms with Crippen molar-refractivity contribution in [2.45, 2.75) is 26.2 Å². The molecule has 2 aromatic carbocycles. The molecule has 0 aliphatic carbocycles. The van der Waals surface area contributed by atoms with Gasteiger partial charge in [0.05, 0.1) is 10.6 Å². The number of rotatable bonds is 2. The molecule has 0 bridgehead atoms. The number of hydrogen-bond donors (Lipinski definition) is 0. The van der Waals surface area contributed by atoms with Crippen LogP contribution in [0.3, 0.4) is 0 Å². The molecule has 0 radical (unpaired) electrons. The number of benzene rings is 2. The maximum atomic E-state index is 12.0. The fourth-order valence-electron chi connectivity index (χ4n) is 1.78. The first-order valence-electron chi connectivity index (χ1n) is 6.45. The van der Waals surface area contributed by atoms with Gasteiger partial charge in [-0.3, -0.25) is 0 Å². The summed E-state index contributed by atoms with van der Waals surface area (Å²) >= 11 is 6.19. The lowest BCUT2D eigenvalue weighted by Crippen LogP contribution is -2.12. The van der Waals surface area contributed by atoms with Crippen LogP contribution in [-0.4, -0.2) is 5.97 Å². The first-order chi connectivity index (χ1) is 9.38. The molecule has 0 N–H and O–H groups in total. The lowest BCUT2D eigenvalue weighted by atomic mass is 9.87. The van der Waals surface area contributed by atoms with Crippen molar-refractivity contribution in [3.63, 3.8) is 0 Å². The number of hydrogen-bond acceptors (Lipinski definition) is 2. The minimum Gasteiger partial charge on any atom is -0.421 e. The van der Waals surface area contributed by atoms with E-state index in [4.69, 9.17) is 16.3 Å². The fraction of sp³-hybridized carbons (Fsp3) is 0.235. The van der Waals surface area contributed by atoms with Crippen molar-refractivity contribution < 1.29 is 9.53 Å². The Hall–Kier alpha value is -1.80. The van der Waals surface area contributed by atoms with Crippen LogP contribution < -0.4 is 4.74 Å². The molecule has 0 unspecified atom stereocenters. The average molecular weight is 289 g/mol. The van der Waals surface area contributed by atoms with Crippen LogP contribution in [0.4, 0.5) is 0 Å². The van der Waals surface area contributed by atoms with Crippen molar-refractivity contribution in [2.24, 2.45) is 0 Å². The van der Waals surface area contributed by atoms with E-state index in [1.807, 2.05) is 18.2 Å². The molecule has 2 rings (SSSR count). The molecule has 0 saturated heterocycles. The highest BCUT2D eigenvalue weighted by atomic mass is 35.5. The molecule has 0 aromatic heterocycles. The molecule has 0 atom stereocenters. The Morgan fingerprint density at radius 3 is 2.25 bits per heavy atom. The fourth-order valence-corrected chi connectivity index (χ4v) is 2.00. The van der Waals surface area contributed by atoms with Gasteiger partial charge in [0, 0.05) is 0 Å². The summed E-state index contributed by atoms with van der Waals surface area (Å²) in [5.41, 5.74) is 1.61. The quantitative estimate of drug-likeness (QED) is 0.583. The molecule has 20 heavy (non-hydrogen) atoms. The highest BCUT2D eigenvalue weighted by molar-refractivity contribution is 6.32. The highest BCUT2D eigenvalue weighted by Crippen LogP contribution is 2.31. The maximum absolute atomic E-state index is 12.0. The summed E-state index contributed by atoms with van der Waals surface area (Å²) < 4.78 is 5.33. The Morgan fingerprint density at radius 2 is 1.70 bits per heavy atom. The molecule has 0 spiro atoms. The molecule has 0 fully saturated rings. The maximum Gasteiger partial charge on any atom is 0.343 e. The van der Waals surface area contributed by atoms with E-state index in [-0.39, 0.29) is 5.41 Å². The minimum absolute atomic E-state index is 0.00556. The predicted octanol–water partition coefficient (Wildman–Crippen LogP) is 4.86. The summed E-state index contributed by atoms with van der Waals surface area (Å²) in [4.78, 5) is 12.0. The van der Waals surface area contributed by atoms with E-state index >= 15 is 0 Å². The number of esters is 1. The van der Waals surface area contributed by atoms with E-state index in [0.29, 0.717) is 16.3 Å². The largest absolute Gasteiger partial charge is 0.421 e. The Kier molecular flexibility index (Phi) is 4.15. The molecule has 0 aliphatic heterocycles. The second-order valence-corrected chi connectivity index (χ2v) is 6.06. The van der Waals surface area contributed by atoms with Gasteiger partial charge in [-0.05, 0) is 35.2 Å². The Bertz CT molecular complexity index is 613. The second kappa shape index (κ2) is 5.68. The monoisotopic (exact) mass is 288 g/mol. The normalized spacial score (nSPS) is 11.2. The molecule has 0 heterocycles. The molecule has 3 heteroatoms. The van der Waals surface area contributed by atoms with Crippen LogP contribution in [0.15, 0.2) is 48.5 Å². The topological polar surface area (TPSA) is 26.3 Å². The van der Waals surface area contributed by atoms with E-state index in [2.05, 4.69) is 20.8 Å². The predicted molar refractivity (Wildman–Crippen MR) is 81.6 cm³/mol. The van der Waals surface area contributed by atoms with Crippen LogP contribution in [0.25, 0.3) is 0 Å². The van der Waals surface area contributed by atoms with Crippen LogP contribution in [-0.2, 0) is 5.41 Å². The lowest BCUT2D eigenvalue weighted by Gasteiger charge is -2.19. The van der Waals surface area contributed by atoms with Crippen LogP contribution in [0, 0.1) is 0 Å². The molecule has 0 saturated carbocycles. The zero-order chi connectivity index (χ0) is 14.8. The number of carbonyl (C=O) groups excluding carboxylic acids is 1. The van der Waals surface area contributed by atoms with Gasteiger partial charge in [0.25, 0.3) is 0 Å². The summed E-state index contributed by atoms with van der Waals surface area (Å²) in [6.45, 7) is 6.32. The van der Waals surface area contributed by atoms with Gasteiger partial charge in [-0.1, -0.05) is 56.6 Å². The Balaban J connectivity index is 2.21. The minimum atomic E-state index is -0.406. The van der Waals surface area contributed by atoms with Gasteiger partial charge in [-0.2, -0.15) is 0 Å². The second-order valence-electron chi connectivity index (χ2n) is 5.65. The molecule has 2 nitrogen and oxygen atoms in total. The lowest BCUT2D eigenvalue weighted by molar-refractivity contribution is 0.0735. The van der Waals surface area contributed by atoms with E-state index < -0.39 is 5.97 Å². The smallest absolute Gasteiger partial charge is 0.343 e. The molecule has 2 aromatic rings. The standard InChI is InChI=1S/C17H17ClO2/c1-17(2,3)13-9-10-15(14(18)11-13)20-16(19)12-7-5-4-6-8-12/h4-11H,1-3H3. The zero-order valence-electron chi connectivity index (χ0n) is 11.8.